The van der Waals surface area contributed by atoms with Crippen molar-refractivity contribution in [2.45, 2.75) is 104 Å². The molecule has 0 unspecified atom stereocenters. The Morgan fingerprint density at radius 3 is 1.53 bits per heavy atom. The van der Waals surface area contributed by atoms with Gasteiger partial charge in [-0.25, -0.2) is 4.79 Å². The molecule has 9 heteroatoms. The number of carboxylic acids is 3. The number of nitrogens with two attached hydrogens (primary N) is 1. The summed E-state index contributed by atoms with van der Waals surface area (Å²) >= 11 is 0. The Labute approximate surface area is 215 Å². The van der Waals surface area contributed by atoms with E-state index in [4.69, 9.17) is 25.8 Å². The van der Waals surface area contributed by atoms with E-state index >= 15 is 0 Å². The summed E-state index contributed by atoms with van der Waals surface area (Å²) in [6.45, 7) is 4.01. The number of unbranched alkanes of at least 4 members (excludes halogenated alkanes) is 11. The quantitative estimate of drug-likeness (QED) is 0.131. The van der Waals surface area contributed by atoms with Gasteiger partial charge in [-0.1, -0.05) is 77.6 Å². The van der Waals surface area contributed by atoms with Crippen LogP contribution in [0.3, 0.4) is 0 Å². The molecule has 206 valence electrons. The Morgan fingerprint density at radius 2 is 1.14 bits per heavy atom. The van der Waals surface area contributed by atoms with Crippen molar-refractivity contribution in [2.24, 2.45) is 0 Å². The molecule has 1 rings (SSSR count). The first-order valence-corrected chi connectivity index (χ1v) is 12.9. The SMILES string of the molecule is CC(=O)O.CCCCCCCCCCCCCCNC(=O)CCC(=O)O.Nc1ccc(C(=O)O)cc1. The van der Waals surface area contributed by atoms with Gasteiger partial charge in [0.15, 0.2) is 0 Å². The van der Waals surface area contributed by atoms with Gasteiger partial charge in [0.2, 0.25) is 5.91 Å². The van der Waals surface area contributed by atoms with Crippen LogP contribution in [0, 0.1) is 0 Å². The van der Waals surface area contributed by atoms with Crippen LogP contribution in [0.1, 0.15) is 114 Å². The van der Waals surface area contributed by atoms with Gasteiger partial charge in [0.05, 0.1) is 12.0 Å². The van der Waals surface area contributed by atoms with Crippen LogP contribution in [0.4, 0.5) is 5.69 Å². The number of hydrogen-bond acceptors (Lipinski definition) is 5. The van der Waals surface area contributed by atoms with E-state index in [1.165, 1.54) is 76.3 Å². The number of nitrogen functional groups attached to an aromatic ring is 1. The molecule has 1 aromatic rings. The number of carboxylic acid groups (broad SMARTS) is 3. The summed E-state index contributed by atoms with van der Waals surface area (Å²) in [5, 5.41) is 27.1. The molecule has 0 heterocycles. The minimum Gasteiger partial charge on any atom is -0.481 e. The highest BCUT2D eigenvalue weighted by atomic mass is 16.4. The summed E-state index contributed by atoms with van der Waals surface area (Å²) in [5.74, 6) is -2.83. The van der Waals surface area contributed by atoms with Gasteiger partial charge in [-0.15, -0.1) is 0 Å². The molecule has 0 radical (unpaired) electrons. The molecule has 0 aromatic heterocycles. The molecule has 0 fully saturated rings. The second kappa shape index (κ2) is 25.0. The number of hydrogen-bond donors (Lipinski definition) is 5. The minimum atomic E-state index is -0.931. The fourth-order valence-electron chi connectivity index (χ4n) is 3.13. The largest absolute Gasteiger partial charge is 0.481 e. The van der Waals surface area contributed by atoms with Crippen molar-refractivity contribution in [1.29, 1.82) is 0 Å². The van der Waals surface area contributed by atoms with E-state index in [9.17, 15) is 14.4 Å². The fourth-order valence-corrected chi connectivity index (χ4v) is 3.13. The summed E-state index contributed by atoms with van der Waals surface area (Å²) in [6, 6.07) is 6.06. The topological polar surface area (TPSA) is 167 Å². The highest BCUT2D eigenvalue weighted by Crippen LogP contribution is 2.11. The van der Waals surface area contributed by atoms with E-state index < -0.39 is 17.9 Å². The van der Waals surface area contributed by atoms with Crippen LogP contribution in [0.25, 0.3) is 0 Å². The summed E-state index contributed by atoms with van der Waals surface area (Å²) in [7, 11) is 0. The van der Waals surface area contributed by atoms with Crippen LogP contribution in [0.15, 0.2) is 24.3 Å². The Hall–Kier alpha value is -3.10. The average Bonchev–Trinajstić information content (AvgIpc) is 2.81. The molecule has 0 bridgehead atoms. The Bertz CT molecular complexity index is 717. The Kier molecular flexibility index (Phi) is 24.4. The van der Waals surface area contributed by atoms with Crippen LogP contribution in [0.2, 0.25) is 0 Å². The molecule has 36 heavy (non-hydrogen) atoms. The van der Waals surface area contributed by atoms with E-state index in [2.05, 4.69) is 12.2 Å². The molecule has 9 nitrogen and oxygen atoms in total. The first-order chi connectivity index (χ1) is 17.1. The Balaban J connectivity index is 0. The van der Waals surface area contributed by atoms with Crippen molar-refractivity contribution in [3.8, 4) is 0 Å². The lowest BCUT2D eigenvalue weighted by Crippen LogP contribution is -2.24. The van der Waals surface area contributed by atoms with Gasteiger partial charge in [-0.3, -0.25) is 14.4 Å². The van der Waals surface area contributed by atoms with E-state index in [0.29, 0.717) is 12.2 Å². The van der Waals surface area contributed by atoms with Gasteiger partial charge in [0, 0.05) is 25.6 Å². The third-order valence-electron chi connectivity index (χ3n) is 5.08. The first kappa shape index (κ1) is 35.1. The number of carbonyl (C=O) groups is 4. The zero-order valence-electron chi connectivity index (χ0n) is 22.0. The third-order valence-corrected chi connectivity index (χ3v) is 5.08. The molecule has 0 aliphatic carbocycles. The molecule has 0 saturated heterocycles. The summed E-state index contributed by atoms with van der Waals surface area (Å²) in [6.07, 6.45) is 15.6. The minimum absolute atomic E-state index is 0.0791. The average molecular weight is 511 g/mol. The third kappa shape index (κ3) is 28.9. The molecule has 1 amide bonds. The van der Waals surface area contributed by atoms with E-state index in [0.717, 1.165) is 19.8 Å². The van der Waals surface area contributed by atoms with Gasteiger partial charge in [-0.05, 0) is 30.7 Å². The number of nitrogens with one attached hydrogen (secondary N) is 1. The molecule has 0 atom stereocenters. The van der Waals surface area contributed by atoms with Crippen molar-refractivity contribution < 1.29 is 34.5 Å². The van der Waals surface area contributed by atoms with E-state index in [1.807, 2.05) is 0 Å². The van der Waals surface area contributed by atoms with Crippen LogP contribution in [0.5, 0.6) is 0 Å². The van der Waals surface area contributed by atoms with Crippen molar-refractivity contribution >= 4 is 29.5 Å². The maximum Gasteiger partial charge on any atom is 0.335 e. The van der Waals surface area contributed by atoms with Crippen LogP contribution >= 0.6 is 0 Å². The standard InChI is InChI=1S/C18H35NO3.C7H7NO2.C2H4O2/c1-2-3-4-5-6-7-8-9-10-11-12-13-16-19-17(20)14-15-18(21)22;8-6-3-1-5(2-4-6)7(9)10;1-2(3)4/h2-16H2,1H3,(H,19,20)(H,21,22);1-4H,8H2,(H,9,10);1H3,(H,3,4). The maximum absolute atomic E-state index is 11.3. The number of rotatable bonds is 17. The fraction of sp³-hybridized carbons (Fsp3) is 0.630. The van der Waals surface area contributed by atoms with Gasteiger partial charge in [0.25, 0.3) is 5.97 Å². The molecule has 1 aromatic carbocycles. The zero-order chi connectivity index (χ0) is 27.6. The Morgan fingerprint density at radius 1 is 0.722 bits per heavy atom. The lowest BCUT2D eigenvalue weighted by atomic mass is 10.1. The van der Waals surface area contributed by atoms with Gasteiger partial charge in [0.1, 0.15) is 0 Å². The summed E-state index contributed by atoms with van der Waals surface area (Å²) < 4.78 is 0. The molecular weight excluding hydrogens is 464 g/mol. The predicted octanol–water partition coefficient (Wildman–Crippen LogP) is 5.73. The second-order valence-corrected chi connectivity index (χ2v) is 8.58. The van der Waals surface area contributed by atoms with Gasteiger partial charge < -0.3 is 26.4 Å². The first-order valence-electron chi connectivity index (χ1n) is 12.9. The number of aliphatic carboxylic acids is 2. The molecule has 0 spiro atoms. The lowest BCUT2D eigenvalue weighted by Gasteiger charge is -2.05. The second-order valence-electron chi connectivity index (χ2n) is 8.58. The number of aromatic carboxylic acids is 1. The van der Waals surface area contributed by atoms with Crippen molar-refractivity contribution in [3.05, 3.63) is 29.8 Å². The predicted molar refractivity (Wildman–Crippen MR) is 142 cm³/mol. The van der Waals surface area contributed by atoms with Crippen LogP contribution < -0.4 is 11.1 Å². The smallest absolute Gasteiger partial charge is 0.335 e. The van der Waals surface area contributed by atoms with Crippen molar-refractivity contribution in [2.75, 3.05) is 12.3 Å². The highest BCUT2D eigenvalue weighted by molar-refractivity contribution is 5.87. The van der Waals surface area contributed by atoms with Gasteiger partial charge >= 0.3 is 11.9 Å². The number of anilines is 1. The van der Waals surface area contributed by atoms with E-state index in [1.54, 1.807) is 12.1 Å². The monoisotopic (exact) mass is 510 g/mol. The molecule has 0 aliphatic rings. The van der Waals surface area contributed by atoms with Gasteiger partial charge in [-0.2, -0.15) is 0 Å². The molecule has 0 aliphatic heterocycles. The number of benzene rings is 1. The number of carbonyl (C=O) groups excluding carboxylic acids is 1. The van der Waals surface area contributed by atoms with E-state index in [-0.39, 0.29) is 24.3 Å². The van der Waals surface area contributed by atoms with Crippen molar-refractivity contribution in [1.82, 2.24) is 5.32 Å². The highest BCUT2D eigenvalue weighted by Gasteiger charge is 2.04. The molecular formula is C27H46N2O7. The van der Waals surface area contributed by atoms with Crippen LogP contribution in [-0.2, 0) is 14.4 Å². The normalized spacial score (nSPS) is 9.72. The molecule has 6 N–H and O–H groups in total. The maximum atomic E-state index is 11.3. The van der Waals surface area contributed by atoms with Crippen molar-refractivity contribution in [3.63, 3.8) is 0 Å². The van der Waals surface area contributed by atoms with Crippen LogP contribution in [-0.4, -0.2) is 45.7 Å². The lowest BCUT2D eigenvalue weighted by molar-refractivity contribution is -0.138. The zero-order valence-corrected chi connectivity index (χ0v) is 22.0. The summed E-state index contributed by atoms with van der Waals surface area (Å²) in [5.41, 5.74) is 6.17. The summed E-state index contributed by atoms with van der Waals surface area (Å²) in [4.78, 5) is 40.9. The number of amides is 1. The molecule has 0 saturated carbocycles.